The first-order chi connectivity index (χ1) is 57.4. The molecular formula is C78H56Cl4F12N10O19. The number of nitrogen functional groups attached to an aromatic ring is 2. The molecule has 0 bridgehead atoms. The van der Waals surface area contributed by atoms with Gasteiger partial charge in [0, 0.05) is 101 Å². The number of nitro benzene ring substituents is 2. The maximum Gasteiger partial charge on any atom is 0.416 e. The van der Waals surface area contributed by atoms with Crippen molar-refractivity contribution in [2.24, 2.45) is 4.99 Å². The maximum atomic E-state index is 13.0. The number of carbonyl (C=O) groups excluding carboxylic acids is 9. The van der Waals surface area contributed by atoms with E-state index in [0.717, 1.165) is 118 Å². The number of nitrogens with two attached hydrogens (primary N) is 2. The number of amides is 5. The van der Waals surface area contributed by atoms with Gasteiger partial charge in [-0.15, -0.1) is 0 Å². The van der Waals surface area contributed by atoms with Crippen LogP contribution in [-0.2, 0) is 48.4 Å². The number of nitro groups is 2. The molecule has 0 aliphatic carbocycles. The SMILES string of the molecule is COC(=O)c1cc(C(=O)Nc2cccc(C(F)(F)F)c2)cc([N+](=O)[O-])c1.COC(=O)c1cc(C(=O)O)cc([N+](=O)[O-])c1.COC(=O)c1cc(N)cc(C(=O)Nc2cccc(C(F)(F)F)c2)c1.COC(=O)c1cc(NC(=O)Nc2cc(Cl)cc(Cl)c2)cc(C(=O)Nc2cccc(C(F)(F)F)c2)c1.Nc1cccc(C(F)(F)F)c1.O=C=Nc1cc(Cl)cc(Cl)c1. The Labute approximate surface area is 703 Å². The van der Waals surface area contributed by atoms with Crippen LogP contribution in [0.1, 0.15) is 105 Å². The van der Waals surface area contributed by atoms with E-state index in [9.17, 15) is 121 Å². The summed E-state index contributed by atoms with van der Waals surface area (Å²) in [6.07, 6.45) is -16.6. The van der Waals surface area contributed by atoms with Gasteiger partial charge in [-0.05, 0) is 158 Å². The maximum absolute atomic E-state index is 13.0. The second-order valence-electron chi connectivity index (χ2n) is 23.8. The third-order valence-electron chi connectivity index (χ3n) is 14.8. The largest absolute Gasteiger partial charge is 0.478 e. The molecule has 10 aromatic carbocycles. The van der Waals surface area contributed by atoms with E-state index in [-0.39, 0.29) is 94.4 Å². The average molecular weight is 1810 g/mol. The van der Waals surface area contributed by atoms with Crippen LogP contribution in [0.2, 0.25) is 20.1 Å². The van der Waals surface area contributed by atoms with Crippen LogP contribution in [0.15, 0.2) is 211 Å². The topological polar surface area (TPSA) is 439 Å². The molecule has 10 N–H and O–H groups in total. The lowest BCUT2D eigenvalue weighted by Gasteiger charge is -2.13. The molecule has 0 aliphatic heterocycles. The number of rotatable bonds is 16. The van der Waals surface area contributed by atoms with Crippen LogP contribution in [0.4, 0.5) is 114 Å². The number of anilines is 7. The number of nitrogens with one attached hydrogen (secondary N) is 5. The first kappa shape index (κ1) is 98.9. The molecule has 0 fully saturated rings. The number of alkyl halides is 12. The first-order valence-electron chi connectivity index (χ1n) is 33.1. The van der Waals surface area contributed by atoms with E-state index in [2.05, 4.69) is 50.5 Å². The Morgan fingerprint density at radius 3 is 0.984 bits per heavy atom. The fraction of sp³-hybridized carbons (Fsp3) is 0.103. The Kier molecular flexibility index (Phi) is 35.7. The number of aliphatic imine (C=N–C) groups is 1. The fourth-order valence-corrected chi connectivity index (χ4v) is 10.5. The summed E-state index contributed by atoms with van der Waals surface area (Å²) in [4.78, 5) is 140. The molecule has 0 aromatic heterocycles. The Bertz CT molecular complexity index is 5630. The number of halogens is 16. The summed E-state index contributed by atoms with van der Waals surface area (Å²) in [6.45, 7) is 0. The monoisotopic (exact) mass is 1800 g/mol. The van der Waals surface area contributed by atoms with Crippen LogP contribution < -0.4 is 38.1 Å². The Morgan fingerprint density at radius 1 is 0.366 bits per heavy atom. The number of carbonyl (C=O) groups is 9. The highest BCUT2D eigenvalue weighted by molar-refractivity contribution is 6.35. The minimum Gasteiger partial charge on any atom is -0.478 e. The number of hydrogen-bond donors (Lipinski definition) is 8. The van der Waals surface area contributed by atoms with Crippen molar-refractivity contribution in [2.45, 2.75) is 24.7 Å². The number of isocyanates is 1. The average Bonchev–Trinajstić information content (AvgIpc) is 0.809. The Hall–Kier alpha value is -14.7. The van der Waals surface area contributed by atoms with Crippen LogP contribution >= 0.6 is 46.4 Å². The van der Waals surface area contributed by atoms with Gasteiger partial charge in [0.25, 0.3) is 29.1 Å². The van der Waals surface area contributed by atoms with Gasteiger partial charge in [-0.2, -0.15) is 57.7 Å². The van der Waals surface area contributed by atoms with Gasteiger partial charge in [0.15, 0.2) is 0 Å². The van der Waals surface area contributed by atoms with Crippen molar-refractivity contribution >= 4 is 163 Å². The molecule has 45 heteroatoms. The van der Waals surface area contributed by atoms with Gasteiger partial charge in [0.05, 0.1) is 94.0 Å². The lowest BCUT2D eigenvalue weighted by atomic mass is 10.1. The fourth-order valence-electron chi connectivity index (χ4n) is 9.46. The number of nitrogens with zero attached hydrogens (tertiary/aromatic N) is 3. The van der Waals surface area contributed by atoms with E-state index >= 15 is 0 Å². The molecule has 0 radical (unpaired) electrons. The van der Waals surface area contributed by atoms with Gasteiger partial charge in [0.2, 0.25) is 6.08 Å². The van der Waals surface area contributed by atoms with E-state index in [1.165, 1.54) is 116 Å². The molecule has 10 rings (SSSR count). The van der Waals surface area contributed by atoms with Gasteiger partial charge >= 0.3 is 60.6 Å². The summed E-state index contributed by atoms with van der Waals surface area (Å²) in [5.74, 6) is -7.01. The zero-order valence-corrected chi connectivity index (χ0v) is 65.5. The van der Waals surface area contributed by atoms with Crippen molar-refractivity contribution in [1.82, 2.24) is 0 Å². The zero-order valence-electron chi connectivity index (χ0n) is 62.5. The van der Waals surface area contributed by atoms with Crippen molar-refractivity contribution in [3.63, 3.8) is 0 Å². The summed E-state index contributed by atoms with van der Waals surface area (Å²) in [7, 11) is 4.46. The van der Waals surface area contributed by atoms with Crippen LogP contribution in [0.3, 0.4) is 0 Å². The minimum atomic E-state index is -4.59. The lowest BCUT2D eigenvalue weighted by molar-refractivity contribution is -0.385. The lowest BCUT2D eigenvalue weighted by Crippen LogP contribution is -2.21. The number of methoxy groups -OCH3 is 4. The number of hydrogen-bond acceptors (Lipinski definition) is 21. The van der Waals surface area contributed by atoms with E-state index in [1.807, 2.05) is 0 Å². The van der Waals surface area contributed by atoms with Crippen molar-refractivity contribution in [1.29, 1.82) is 0 Å². The third-order valence-corrected chi connectivity index (χ3v) is 15.7. The van der Waals surface area contributed by atoms with Crippen molar-refractivity contribution in [3.05, 3.63) is 313 Å². The highest BCUT2D eigenvalue weighted by Gasteiger charge is 2.34. The molecule has 29 nitrogen and oxygen atoms in total. The van der Waals surface area contributed by atoms with E-state index < -0.39 is 122 Å². The summed E-state index contributed by atoms with van der Waals surface area (Å²) < 4.78 is 169. The smallest absolute Gasteiger partial charge is 0.416 e. The molecule has 0 saturated heterocycles. The molecular weight excluding hydrogens is 1750 g/mol. The number of aromatic carboxylic acids is 1. The van der Waals surface area contributed by atoms with Crippen LogP contribution in [0.5, 0.6) is 0 Å². The molecule has 0 aliphatic rings. The number of non-ortho nitro benzene ring substituents is 2. The van der Waals surface area contributed by atoms with Gasteiger partial charge < -0.3 is 62.1 Å². The molecule has 0 saturated carbocycles. The van der Waals surface area contributed by atoms with E-state index in [0.29, 0.717) is 15.7 Å². The number of carboxylic acid groups (broad SMARTS) is 1. The van der Waals surface area contributed by atoms with Crippen LogP contribution in [0.25, 0.3) is 0 Å². The molecule has 0 atom stereocenters. The quantitative estimate of drug-likeness (QED) is 0.00651. The van der Waals surface area contributed by atoms with Crippen molar-refractivity contribution < 1.29 is 135 Å². The predicted octanol–water partition coefficient (Wildman–Crippen LogP) is 20.0. The zero-order chi connectivity index (χ0) is 92.2. The predicted molar refractivity (Wildman–Crippen MR) is 423 cm³/mol. The number of benzene rings is 10. The van der Waals surface area contributed by atoms with Crippen LogP contribution in [-0.4, -0.2) is 103 Å². The second kappa shape index (κ2) is 44.4. The summed E-state index contributed by atoms with van der Waals surface area (Å²) in [5.41, 5.74) is 5.82. The second-order valence-corrected chi connectivity index (χ2v) is 25.5. The minimum absolute atomic E-state index is 0.0211. The molecule has 0 heterocycles. The van der Waals surface area contributed by atoms with Gasteiger partial charge in [-0.1, -0.05) is 70.7 Å². The van der Waals surface area contributed by atoms with Crippen LogP contribution in [0, 0.1) is 20.2 Å². The third kappa shape index (κ3) is 32.2. The highest BCUT2D eigenvalue weighted by Crippen LogP contribution is 2.36. The Morgan fingerprint density at radius 2 is 0.650 bits per heavy atom. The van der Waals surface area contributed by atoms with Gasteiger partial charge in [0.1, 0.15) is 0 Å². The first-order valence-corrected chi connectivity index (χ1v) is 34.6. The molecule has 0 spiro atoms. The Balaban J connectivity index is 0.000000275. The number of urea groups is 1. The molecule has 10 aromatic rings. The van der Waals surface area contributed by atoms with Crippen molar-refractivity contribution in [3.8, 4) is 0 Å². The number of esters is 4. The number of ether oxygens (including phenoxy) is 4. The standard InChI is InChI=1S/C23H16Cl2F3N3O4.C16H11F3N2O5.C16H13F3N2O3.C9H7NO6.C7H3Cl2NO.C7H6F3N/c1-35-21(33)13-5-12(20(32)29-17-4-2-3-14(8-17)23(26,27)28)6-18(7-13)30-22(34)31-19-10-15(24)9-16(25)11-19;1-26-15(23)10-5-9(6-13(7-10)21(24)25)14(22)20-12-4-2-3-11(8-12)16(17,18)19;1-24-15(23)10-5-9(6-12(20)7-10)14(22)21-13-4-2-3-11(8-13)16(17,18)19;1-16-9(13)6-2-5(8(11)12)3-7(4-6)10(14)15;8-5-1-6(9)3-7(2-5)10-4-11;8-7(9,10)5-2-1-3-6(11)4-5/h2-11H,1H3,(H,29,32)(H2,30,31,34);2-8H,1H3,(H,20,22);2-8H,20H2,1H3,(H,21,22);2-4H,1H3,(H,11,12);1-3H;1-4H,11H2. The normalized spacial score (nSPS) is 10.6. The summed E-state index contributed by atoms with van der Waals surface area (Å²) in [5, 5.41) is 43.5. The number of carboxylic acids is 1. The van der Waals surface area contributed by atoms with E-state index in [4.69, 9.17) is 63.0 Å². The molecule has 644 valence electrons. The van der Waals surface area contributed by atoms with E-state index in [1.54, 1.807) is 6.07 Å². The van der Waals surface area contributed by atoms with Gasteiger partial charge in [-0.25, -0.2) is 33.6 Å². The highest BCUT2D eigenvalue weighted by atomic mass is 35.5. The molecule has 0 unspecified atom stereocenters. The van der Waals surface area contributed by atoms with Crippen molar-refractivity contribution in [2.75, 3.05) is 66.5 Å². The van der Waals surface area contributed by atoms with Gasteiger partial charge in [-0.3, -0.25) is 34.6 Å². The molecule has 5 amide bonds. The summed E-state index contributed by atoms with van der Waals surface area (Å²) >= 11 is 23.0. The summed E-state index contributed by atoms with van der Waals surface area (Å²) in [6, 6.07) is 38.2. The molecule has 123 heavy (non-hydrogen) atoms.